The summed E-state index contributed by atoms with van der Waals surface area (Å²) >= 11 is 41.2. The zero-order chi connectivity index (χ0) is 97.6. The molecule has 5 aromatic heterocycles. The second kappa shape index (κ2) is 40.6. The minimum atomic E-state index is -0.312. The number of aromatic nitrogens is 5. The van der Waals surface area contributed by atoms with E-state index in [0.29, 0.717) is 77.6 Å². The van der Waals surface area contributed by atoms with Crippen LogP contribution in [-0.4, -0.2) is 235 Å². The molecule has 8 unspecified atom stereocenters. The summed E-state index contributed by atoms with van der Waals surface area (Å²) in [5.41, 5.74) is 21.4. The molecule has 2 aliphatic carbocycles. The molecule has 5 saturated heterocycles. The summed E-state index contributed by atoms with van der Waals surface area (Å²) in [4.78, 5) is 94.7. The Labute approximate surface area is 873 Å². The number of rotatable bonds is 18. The van der Waals surface area contributed by atoms with Gasteiger partial charge in [-0.3, -0.25) is 43.8 Å². The molecule has 0 spiro atoms. The van der Waals surface area contributed by atoms with E-state index in [0.717, 1.165) is 197 Å². The van der Waals surface area contributed by atoms with E-state index in [1.54, 1.807) is 36.4 Å². The number of hydrogen-bond donors (Lipinski definition) is 4. The van der Waals surface area contributed by atoms with Crippen molar-refractivity contribution in [3.63, 3.8) is 0 Å². The highest BCUT2D eigenvalue weighted by Gasteiger charge is 2.57. The summed E-state index contributed by atoms with van der Waals surface area (Å²) in [6, 6.07) is 61.2. The number of hydrogen-bond acceptors (Lipinski definition) is 15. The van der Waals surface area contributed by atoms with Gasteiger partial charge in [0.25, 0.3) is 23.6 Å². The Hall–Kier alpha value is -10.5. The maximum Gasteiger partial charge on any atom is 0.252 e. The smallest absolute Gasteiger partial charge is 0.252 e. The Kier molecular flexibility index (Phi) is 27.8. The van der Waals surface area contributed by atoms with Crippen molar-refractivity contribution in [2.24, 2.45) is 0 Å². The number of fused-ring (bicyclic) bond motifs is 16. The van der Waals surface area contributed by atoms with Gasteiger partial charge in [-0.1, -0.05) is 159 Å². The molecule has 13 aromatic rings. The predicted molar refractivity (Wildman–Crippen MR) is 581 cm³/mol. The third kappa shape index (κ3) is 18.1. The molecule has 4 amide bonds. The van der Waals surface area contributed by atoms with Gasteiger partial charge in [0.05, 0.1) is 37.4 Å². The Bertz CT molecular complexity index is 6800. The van der Waals surface area contributed by atoms with Crippen molar-refractivity contribution in [2.75, 3.05) is 78.8 Å². The van der Waals surface area contributed by atoms with Crippen LogP contribution >= 0.6 is 108 Å². The summed E-state index contributed by atoms with van der Waals surface area (Å²) < 4.78 is 24.9. The number of halogens is 4. The molecule has 2 saturated carbocycles. The van der Waals surface area contributed by atoms with E-state index < -0.39 is 0 Å². The maximum atomic E-state index is 13.9. The number of methoxy groups -OCH3 is 2. The molecule has 23 nitrogen and oxygen atoms in total. The third-order valence-corrected chi connectivity index (χ3v) is 33.6. The van der Waals surface area contributed by atoms with Crippen LogP contribution in [-0.2, 0) is 54.3 Å². The van der Waals surface area contributed by atoms with Gasteiger partial charge in [0.2, 0.25) is 0 Å². The SMILES string of the molecule is CC(C)N1C(=O)C2Cc3c([nH]c4ccc(Br)cc34)C(c3ccc(-c4ccncc4)cc3)N2C1=S.CC(C)N1C(=O)C2Cc3c([nH]c4ccc(Br)cc34)C(c3ccc(N4CCN(C)CC4)cc3)N2C1=S.COCCOc1ccc(C2c3[nH]c4ccc(Br)cc4c3CC3C(=O)N(C4CCCCC4)C(=S)N32)cc1.COCCOc1ccc(C2c3[nH]c4ccc(Cl)cc4c3CC3C(=O)N(C4CCCCC4)C(=S)N32)cc1. The first-order valence-corrected chi connectivity index (χ1v) is 53.6. The second-order valence-electron chi connectivity index (χ2n) is 39.2. The third-order valence-electron chi connectivity index (χ3n) is 30.3. The topological polar surface area (TPSA) is 214 Å². The molecule has 8 aromatic carbocycles. The number of anilines is 1. The van der Waals surface area contributed by atoms with E-state index in [1.165, 1.54) is 46.0 Å². The van der Waals surface area contributed by atoms with E-state index >= 15 is 0 Å². The number of benzene rings is 8. The van der Waals surface area contributed by atoms with E-state index in [2.05, 4.69) is 224 Å². The molecule has 4 N–H and O–H groups in total. The normalized spacial score (nSPS) is 21.8. The molecule has 7 fully saturated rings. The number of likely N-dealkylation sites (N-methyl/N-ethyl adjacent to an activating group) is 1. The number of nitrogens with zero attached hydrogens (tertiary/aromatic N) is 11. The molecular weight excluding hydrogens is 2060 g/mol. The van der Waals surface area contributed by atoms with Gasteiger partial charge in [-0.05, 0) is 286 Å². The van der Waals surface area contributed by atoms with E-state index in [1.807, 2.05) is 104 Å². The molecule has 24 rings (SSSR count). The molecule has 141 heavy (non-hydrogen) atoms. The largest absolute Gasteiger partial charge is 0.491 e. The number of carbonyl (C=O) groups is 4. The number of amides is 4. The first kappa shape index (κ1) is 96.6. The average molecular weight is 2180 g/mol. The van der Waals surface area contributed by atoms with Crippen LogP contribution in [0.15, 0.2) is 208 Å². The second-order valence-corrected chi connectivity index (χ2v) is 43.9. The summed E-state index contributed by atoms with van der Waals surface area (Å²) in [5, 5.41) is 7.84. The van der Waals surface area contributed by atoms with Crippen molar-refractivity contribution in [1.29, 1.82) is 0 Å². The average Bonchev–Trinajstić information content (AvgIpc) is 1.56. The van der Waals surface area contributed by atoms with Crippen LogP contribution in [0.25, 0.3) is 54.7 Å². The van der Waals surface area contributed by atoms with Gasteiger partial charge in [-0.2, -0.15) is 0 Å². The van der Waals surface area contributed by atoms with Crippen LogP contribution in [0.1, 0.15) is 183 Å². The zero-order valence-electron chi connectivity index (χ0n) is 79.8. The van der Waals surface area contributed by atoms with Gasteiger partial charge in [0, 0.05) is 193 Å². The summed E-state index contributed by atoms with van der Waals surface area (Å²) in [7, 11) is 5.50. The standard InChI is InChI=1S/C28H30BrN3O3S.C28H30ClN3O3S.C27H30BrN5OS.C27H23BrN4OS/c2*1-34-13-14-35-20-10-7-17(8-11-20)26-25-22(21-15-18(29)9-12-23(21)30-25)16-24-27(33)31(28(36)32(24)26)19-5-3-2-4-6-19;1-16(2)32-26(34)23-15-21-20-14-18(28)6-9-22(20)29-24(21)25(33(23)27(32)35)17-4-7-19(8-5-17)31-12-10-30(3)11-13-31;1-15(2)31-26(33)23-14-21-20-13-19(28)7-8-22(20)30-24(21)25(32(23)27(31)34)18-5-3-16(4-6-18)17-9-11-29-12-10-17/h2*7-12,15,19,24,26,30H,2-6,13-14,16H2,1H3;4-9,14,16,23,25,29H,10-13,15H2,1-3H3;3-13,15,23,25,30H,14H2,1-2H3. The highest BCUT2D eigenvalue weighted by Crippen LogP contribution is 2.52. The van der Waals surface area contributed by atoms with Crippen LogP contribution in [0.4, 0.5) is 5.69 Å². The predicted octanol–water partition coefficient (Wildman–Crippen LogP) is 21.7. The van der Waals surface area contributed by atoms with Gasteiger partial charge in [-0.25, -0.2) is 0 Å². The Morgan fingerprint density at radius 3 is 1.08 bits per heavy atom. The van der Waals surface area contributed by atoms with Crippen molar-refractivity contribution in [3.8, 4) is 22.6 Å². The first-order valence-electron chi connectivity index (χ1n) is 49.2. The minimum absolute atomic E-state index is 0.0181. The first-order chi connectivity index (χ1) is 68.4. The number of thiocarbonyl (C=S) groups is 4. The monoisotopic (exact) mass is 2170 g/mol. The highest BCUT2D eigenvalue weighted by atomic mass is 79.9. The summed E-state index contributed by atoms with van der Waals surface area (Å²) in [5.74, 6) is 2.08. The van der Waals surface area contributed by atoms with Crippen LogP contribution in [0, 0.1) is 0 Å². The van der Waals surface area contributed by atoms with Gasteiger partial charge >= 0.3 is 0 Å². The number of nitrogens with one attached hydrogen (secondary N) is 4. The fourth-order valence-corrected chi connectivity index (χ4v) is 26.7. The molecule has 0 bridgehead atoms. The summed E-state index contributed by atoms with van der Waals surface area (Å²) in [6.45, 7) is 14.4. The van der Waals surface area contributed by atoms with Crippen molar-refractivity contribution < 1.29 is 38.1 Å². The lowest BCUT2D eigenvalue weighted by Crippen LogP contribution is -2.44. The molecule has 0 radical (unpaired) electrons. The zero-order valence-corrected chi connectivity index (χ0v) is 88.6. The Balaban J connectivity index is 0.000000111. The lowest BCUT2D eigenvalue weighted by atomic mass is 9.88. The number of ether oxygens (including phenoxy) is 4. The van der Waals surface area contributed by atoms with Crippen LogP contribution < -0.4 is 14.4 Å². The van der Waals surface area contributed by atoms with Crippen molar-refractivity contribution in [3.05, 3.63) is 280 Å². The molecule has 9 aliphatic heterocycles. The molecule has 728 valence electrons. The number of pyridine rings is 1. The number of carbonyl (C=O) groups excluding carboxylic acids is 4. The van der Waals surface area contributed by atoms with Gasteiger partial charge in [0.1, 0.15) is 48.9 Å². The summed E-state index contributed by atoms with van der Waals surface area (Å²) in [6.07, 6.45) is 17.4. The fraction of sp³-hybridized carbons (Fsp3) is 0.373. The fourth-order valence-electron chi connectivity index (χ4n) is 23.5. The van der Waals surface area contributed by atoms with Crippen LogP contribution in [0.5, 0.6) is 11.5 Å². The molecule has 14 heterocycles. The molecule has 31 heteroatoms. The maximum absolute atomic E-state index is 13.9. The van der Waals surface area contributed by atoms with E-state index in [-0.39, 0.29) is 96.1 Å². The number of H-pyrrole nitrogens is 4. The van der Waals surface area contributed by atoms with E-state index in [9.17, 15) is 19.2 Å². The van der Waals surface area contributed by atoms with Crippen LogP contribution in [0.2, 0.25) is 5.02 Å². The molecule has 11 aliphatic rings. The lowest BCUT2D eigenvalue weighted by molar-refractivity contribution is -0.131. The Morgan fingerprint density at radius 2 is 0.716 bits per heavy atom. The quantitative estimate of drug-likeness (QED) is 0.0464. The molecule has 8 atom stereocenters. The number of aromatic amines is 4. The van der Waals surface area contributed by atoms with Crippen LogP contribution in [0.3, 0.4) is 0 Å². The molecular formula is C110H113Br3ClN15O8S4. The van der Waals surface area contributed by atoms with E-state index in [4.69, 9.17) is 79.4 Å². The van der Waals surface area contributed by atoms with Gasteiger partial charge in [0.15, 0.2) is 20.4 Å². The van der Waals surface area contributed by atoms with Gasteiger partial charge in [-0.15, -0.1) is 0 Å². The highest BCUT2D eigenvalue weighted by molar-refractivity contribution is 9.11. The Morgan fingerprint density at radius 1 is 0.390 bits per heavy atom. The lowest BCUT2D eigenvalue weighted by Gasteiger charge is -2.38. The minimum Gasteiger partial charge on any atom is -0.491 e. The number of piperazine rings is 1. The van der Waals surface area contributed by atoms with Crippen molar-refractivity contribution in [2.45, 2.75) is 190 Å². The van der Waals surface area contributed by atoms with Gasteiger partial charge < -0.3 is 68.3 Å². The van der Waals surface area contributed by atoms with Crippen molar-refractivity contribution in [1.82, 2.24) is 69.0 Å². The van der Waals surface area contributed by atoms with Crippen molar-refractivity contribution >= 4 is 202 Å².